The first-order valence-electron chi connectivity index (χ1n) is 7.55. The molecule has 1 aliphatic carbocycles. The molecule has 1 fully saturated rings. The number of carbonyl (C=O) groups is 1. The number of carboxylic acids is 1. The van der Waals surface area contributed by atoms with Crippen LogP contribution in [0, 0.1) is 0 Å². The quantitative estimate of drug-likeness (QED) is 0.768. The standard InChI is InChI=1S/C16H20N2O3/c19-10-3-1-2-9-18-13-6-4-5-12(16(20)21)14(13)17-15(18)11-7-8-11/h4-6,11,19H,1-3,7-10H2,(H,20,21). The van der Waals surface area contributed by atoms with Gasteiger partial charge in [0.15, 0.2) is 0 Å². The lowest BCUT2D eigenvalue weighted by molar-refractivity contribution is 0.0699. The van der Waals surface area contributed by atoms with Gasteiger partial charge in [-0.1, -0.05) is 6.07 Å². The molecule has 0 aliphatic heterocycles. The Morgan fingerprint density at radius 3 is 2.76 bits per heavy atom. The molecule has 0 spiro atoms. The lowest BCUT2D eigenvalue weighted by atomic mass is 10.2. The van der Waals surface area contributed by atoms with Gasteiger partial charge in [0.05, 0.1) is 11.1 Å². The van der Waals surface area contributed by atoms with E-state index in [1.807, 2.05) is 6.07 Å². The van der Waals surface area contributed by atoms with Crippen LogP contribution in [0.1, 0.15) is 54.2 Å². The molecule has 5 heteroatoms. The molecule has 0 radical (unpaired) electrons. The number of carboxylic acid groups (broad SMARTS) is 1. The third-order valence-corrected chi connectivity index (χ3v) is 4.02. The summed E-state index contributed by atoms with van der Waals surface area (Å²) in [6, 6.07) is 5.35. The van der Waals surface area contributed by atoms with E-state index in [0.29, 0.717) is 11.4 Å². The van der Waals surface area contributed by atoms with Crippen LogP contribution in [-0.2, 0) is 6.54 Å². The predicted molar refractivity (Wildman–Crippen MR) is 79.6 cm³/mol. The number of unbranched alkanes of at least 4 members (excludes halogenated alkanes) is 2. The molecule has 0 unspecified atom stereocenters. The van der Waals surface area contributed by atoms with Crippen LogP contribution in [0.15, 0.2) is 18.2 Å². The summed E-state index contributed by atoms with van der Waals surface area (Å²) in [4.78, 5) is 16.0. The van der Waals surface area contributed by atoms with Gasteiger partial charge in [-0.25, -0.2) is 9.78 Å². The number of aromatic nitrogens is 2. The number of aromatic carboxylic acids is 1. The van der Waals surface area contributed by atoms with Crippen molar-refractivity contribution in [1.82, 2.24) is 9.55 Å². The normalized spacial score (nSPS) is 14.7. The average Bonchev–Trinajstić information content (AvgIpc) is 3.25. The van der Waals surface area contributed by atoms with Crippen LogP contribution in [0.3, 0.4) is 0 Å². The fourth-order valence-electron chi connectivity index (χ4n) is 2.78. The highest BCUT2D eigenvalue weighted by atomic mass is 16.4. The largest absolute Gasteiger partial charge is 0.478 e. The molecule has 3 rings (SSSR count). The molecule has 1 aromatic heterocycles. The second kappa shape index (κ2) is 5.85. The summed E-state index contributed by atoms with van der Waals surface area (Å²) in [5.74, 6) is 0.590. The lowest BCUT2D eigenvalue weighted by Crippen LogP contribution is -2.03. The molecule has 112 valence electrons. The summed E-state index contributed by atoms with van der Waals surface area (Å²) in [7, 11) is 0. The van der Waals surface area contributed by atoms with Gasteiger partial charge in [0.1, 0.15) is 11.3 Å². The number of benzene rings is 1. The van der Waals surface area contributed by atoms with Crippen LogP contribution in [0.5, 0.6) is 0 Å². The molecule has 2 aromatic rings. The maximum atomic E-state index is 11.3. The highest BCUT2D eigenvalue weighted by Gasteiger charge is 2.30. The lowest BCUT2D eigenvalue weighted by Gasteiger charge is -2.08. The molecular formula is C16H20N2O3. The van der Waals surface area contributed by atoms with Gasteiger partial charge in [0.2, 0.25) is 0 Å². The summed E-state index contributed by atoms with van der Waals surface area (Å²) < 4.78 is 2.18. The second-order valence-electron chi connectivity index (χ2n) is 5.66. The van der Waals surface area contributed by atoms with Gasteiger partial charge in [-0.2, -0.15) is 0 Å². The number of rotatable bonds is 7. The van der Waals surface area contributed by atoms with Gasteiger partial charge >= 0.3 is 5.97 Å². The molecule has 1 saturated carbocycles. The minimum atomic E-state index is -0.923. The van der Waals surface area contributed by atoms with Crippen molar-refractivity contribution in [2.24, 2.45) is 0 Å². The highest BCUT2D eigenvalue weighted by molar-refractivity contribution is 6.01. The number of aryl methyl sites for hydroxylation is 1. The Morgan fingerprint density at radius 2 is 2.10 bits per heavy atom. The molecular weight excluding hydrogens is 268 g/mol. The van der Waals surface area contributed by atoms with E-state index in [1.54, 1.807) is 12.1 Å². The van der Waals surface area contributed by atoms with E-state index in [2.05, 4.69) is 9.55 Å². The average molecular weight is 288 g/mol. The molecule has 0 saturated heterocycles. The van der Waals surface area contributed by atoms with Gasteiger partial charge in [-0.05, 0) is 44.2 Å². The van der Waals surface area contributed by atoms with Gasteiger partial charge in [0.25, 0.3) is 0 Å². The Balaban J connectivity index is 1.97. The predicted octanol–water partition coefficient (Wildman–Crippen LogP) is 2.77. The fourth-order valence-corrected chi connectivity index (χ4v) is 2.78. The topological polar surface area (TPSA) is 75.3 Å². The van der Waals surface area contributed by atoms with E-state index in [4.69, 9.17) is 5.11 Å². The Morgan fingerprint density at radius 1 is 1.29 bits per heavy atom. The number of aliphatic hydroxyl groups is 1. The van der Waals surface area contributed by atoms with E-state index >= 15 is 0 Å². The first-order valence-corrected chi connectivity index (χ1v) is 7.55. The molecule has 0 atom stereocenters. The number of imidazole rings is 1. The third kappa shape index (κ3) is 2.78. The van der Waals surface area contributed by atoms with Crippen LogP contribution in [-0.4, -0.2) is 32.3 Å². The van der Waals surface area contributed by atoms with Crippen molar-refractivity contribution in [3.8, 4) is 0 Å². The molecule has 0 bridgehead atoms. The van der Waals surface area contributed by atoms with Crippen LogP contribution >= 0.6 is 0 Å². The Hall–Kier alpha value is -1.88. The van der Waals surface area contributed by atoms with E-state index in [1.165, 1.54) is 0 Å². The summed E-state index contributed by atoms with van der Waals surface area (Å²) in [6.07, 6.45) is 5.04. The maximum Gasteiger partial charge on any atom is 0.337 e. The summed E-state index contributed by atoms with van der Waals surface area (Å²) in [5, 5.41) is 18.2. The number of hydrogen-bond acceptors (Lipinski definition) is 3. The van der Waals surface area contributed by atoms with Crippen molar-refractivity contribution in [2.75, 3.05) is 6.61 Å². The van der Waals surface area contributed by atoms with E-state index < -0.39 is 5.97 Å². The van der Waals surface area contributed by atoms with Gasteiger partial charge in [-0.15, -0.1) is 0 Å². The summed E-state index contributed by atoms with van der Waals surface area (Å²) >= 11 is 0. The minimum absolute atomic E-state index is 0.226. The van der Waals surface area contributed by atoms with E-state index in [0.717, 1.165) is 50.0 Å². The fraction of sp³-hybridized carbons (Fsp3) is 0.500. The van der Waals surface area contributed by atoms with E-state index in [9.17, 15) is 9.90 Å². The highest BCUT2D eigenvalue weighted by Crippen LogP contribution is 2.41. The first-order chi connectivity index (χ1) is 10.2. The van der Waals surface area contributed by atoms with Crippen molar-refractivity contribution >= 4 is 17.0 Å². The van der Waals surface area contributed by atoms with Crippen molar-refractivity contribution in [1.29, 1.82) is 0 Å². The Kier molecular flexibility index (Phi) is 3.92. The zero-order valence-corrected chi connectivity index (χ0v) is 12.0. The number of aliphatic hydroxyl groups excluding tert-OH is 1. The smallest absolute Gasteiger partial charge is 0.337 e. The Labute approximate surface area is 123 Å². The number of fused-ring (bicyclic) bond motifs is 1. The molecule has 0 amide bonds. The molecule has 1 aromatic carbocycles. The van der Waals surface area contributed by atoms with Gasteiger partial charge in [0, 0.05) is 19.1 Å². The SMILES string of the molecule is O=C(O)c1cccc2c1nc(C1CC1)n2CCCCCO. The van der Waals surface area contributed by atoms with Gasteiger partial charge in [-0.3, -0.25) is 0 Å². The zero-order valence-electron chi connectivity index (χ0n) is 12.0. The van der Waals surface area contributed by atoms with E-state index in [-0.39, 0.29) is 12.2 Å². The summed E-state index contributed by atoms with van der Waals surface area (Å²) in [5.41, 5.74) is 1.80. The second-order valence-corrected chi connectivity index (χ2v) is 5.66. The van der Waals surface area contributed by atoms with Crippen LogP contribution in [0.25, 0.3) is 11.0 Å². The molecule has 5 nitrogen and oxygen atoms in total. The van der Waals surface area contributed by atoms with Crippen molar-refractivity contribution in [3.63, 3.8) is 0 Å². The number of nitrogens with zero attached hydrogens (tertiary/aromatic N) is 2. The summed E-state index contributed by atoms with van der Waals surface area (Å²) in [6.45, 7) is 1.06. The molecule has 21 heavy (non-hydrogen) atoms. The molecule has 2 N–H and O–H groups in total. The van der Waals surface area contributed by atoms with Crippen molar-refractivity contribution in [3.05, 3.63) is 29.6 Å². The Bertz CT molecular complexity index is 659. The monoisotopic (exact) mass is 288 g/mol. The molecule has 1 heterocycles. The first kappa shape index (κ1) is 14.1. The third-order valence-electron chi connectivity index (χ3n) is 4.02. The zero-order chi connectivity index (χ0) is 14.8. The number of para-hydroxylation sites is 1. The van der Waals surface area contributed by atoms with Crippen LogP contribution in [0.4, 0.5) is 0 Å². The van der Waals surface area contributed by atoms with Crippen LogP contribution < -0.4 is 0 Å². The van der Waals surface area contributed by atoms with Crippen LogP contribution in [0.2, 0.25) is 0 Å². The maximum absolute atomic E-state index is 11.3. The molecule has 1 aliphatic rings. The number of hydrogen-bond donors (Lipinski definition) is 2. The van der Waals surface area contributed by atoms with Gasteiger partial charge < -0.3 is 14.8 Å². The minimum Gasteiger partial charge on any atom is -0.478 e. The van der Waals surface area contributed by atoms with Crippen molar-refractivity contribution in [2.45, 2.75) is 44.6 Å². The van der Waals surface area contributed by atoms with Crippen molar-refractivity contribution < 1.29 is 15.0 Å².